The van der Waals surface area contributed by atoms with Crippen LogP contribution in [-0.4, -0.2) is 55.9 Å². The average molecular weight is 412 g/mol. The lowest BCUT2D eigenvalue weighted by atomic mass is 10.1. The van der Waals surface area contributed by atoms with Gasteiger partial charge in [-0.2, -0.15) is 0 Å². The van der Waals surface area contributed by atoms with Gasteiger partial charge in [0, 0.05) is 31.1 Å². The van der Waals surface area contributed by atoms with Gasteiger partial charge in [0.2, 0.25) is 5.91 Å². The van der Waals surface area contributed by atoms with E-state index < -0.39 is 0 Å². The third-order valence-corrected chi connectivity index (χ3v) is 7.02. The molecule has 1 N–H and O–H groups in total. The predicted octanol–water partition coefficient (Wildman–Crippen LogP) is 4.02. The molecule has 2 aliphatic rings. The summed E-state index contributed by atoms with van der Waals surface area (Å²) in [6, 6.07) is 14.5. The fourth-order valence-corrected chi connectivity index (χ4v) is 5.30. The molecule has 6 heteroatoms. The van der Waals surface area contributed by atoms with E-state index >= 15 is 0 Å². The van der Waals surface area contributed by atoms with E-state index in [0.29, 0.717) is 0 Å². The molecule has 0 aliphatic carbocycles. The highest BCUT2D eigenvalue weighted by atomic mass is 32.2. The molecule has 1 saturated heterocycles. The van der Waals surface area contributed by atoms with Gasteiger partial charge in [-0.15, -0.1) is 11.8 Å². The molecule has 0 aromatic heterocycles. The fourth-order valence-electron chi connectivity index (χ4n) is 4.04. The minimum absolute atomic E-state index is 0.0131. The van der Waals surface area contributed by atoms with E-state index in [0.717, 1.165) is 57.0 Å². The first kappa shape index (κ1) is 20.1. The molecule has 2 aliphatic heterocycles. The Morgan fingerprint density at radius 3 is 2.72 bits per heavy atom. The van der Waals surface area contributed by atoms with E-state index in [1.165, 1.54) is 16.1 Å². The summed E-state index contributed by atoms with van der Waals surface area (Å²) in [5, 5.41) is 3.08. The van der Waals surface area contributed by atoms with Crippen molar-refractivity contribution in [1.29, 1.82) is 0 Å². The Morgan fingerprint density at radius 1 is 1.14 bits per heavy atom. The monoisotopic (exact) mass is 411 g/mol. The Hall–Kier alpha value is -2.18. The third kappa shape index (κ3) is 4.70. The zero-order valence-corrected chi connectivity index (χ0v) is 18.0. The minimum Gasteiger partial charge on any atom is -0.495 e. The summed E-state index contributed by atoms with van der Waals surface area (Å²) in [5.74, 6) is 1.09. The van der Waals surface area contributed by atoms with Crippen LogP contribution in [0.15, 0.2) is 47.4 Å². The number of thioether (sulfide) groups is 1. The maximum Gasteiger partial charge on any atom is 0.237 e. The normalized spacial score (nSPS) is 19.6. The lowest BCUT2D eigenvalue weighted by Crippen LogP contribution is -2.46. The summed E-state index contributed by atoms with van der Waals surface area (Å²) >= 11 is 1.71. The van der Waals surface area contributed by atoms with Gasteiger partial charge in [0.15, 0.2) is 0 Å². The number of anilines is 2. The molecule has 4 rings (SSSR count). The number of hydrogen-bond donors (Lipinski definition) is 1. The smallest absolute Gasteiger partial charge is 0.237 e. The lowest BCUT2D eigenvalue weighted by Gasteiger charge is -2.36. The number of benzene rings is 2. The largest absolute Gasteiger partial charge is 0.495 e. The zero-order chi connectivity index (χ0) is 20.2. The molecule has 1 atom stereocenters. The van der Waals surface area contributed by atoms with Gasteiger partial charge in [-0.1, -0.05) is 18.2 Å². The molecule has 29 heavy (non-hydrogen) atoms. The number of piperazine rings is 1. The summed E-state index contributed by atoms with van der Waals surface area (Å²) in [5.41, 5.74) is 3.37. The second-order valence-electron chi connectivity index (χ2n) is 7.74. The number of methoxy groups -OCH3 is 1. The molecule has 2 heterocycles. The van der Waals surface area contributed by atoms with E-state index in [1.807, 2.05) is 24.3 Å². The molecule has 0 radical (unpaired) electrons. The molecule has 154 valence electrons. The Labute approximate surface area is 177 Å². The molecule has 5 nitrogen and oxygen atoms in total. The van der Waals surface area contributed by atoms with Crippen molar-refractivity contribution >= 4 is 29.0 Å². The summed E-state index contributed by atoms with van der Waals surface area (Å²) in [7, 11) is 1.73. The number of ether oxygens (including phenoxy) is 1. The number of aryl methyl sites for hydroxylation is 1. The molecule has 0 saturated carbocycles. The highest BCUT2D eigenvalue weighted by molar-refractivity contribution is 8.01. The molecular formula is C23H29N3O2S. The Morgan fingerprint density at radius 2 is 1.93 bits per heavy atom. The van der Waals surface area contributed by atoms with Crippen LogP contribution < -0.4 is 15.0 Å². The van der Waals surface area contributed by atoms with E-state index in [9.17, 15) is 4.79 Å². The SMILES string of the molecule is COc1ccccc1N1CCN(CCCC2Sc3cc(C)ccc3NC2=O)CC1. The number of carbonyl (C=O) groups is 1. The van der Waals surface area contributed by atoms with Crippen molar-refractivity contribution in [3.05, 3.63) is 48.0 Å². The van der Waals surface area contributed by atoms with Crippen molar-refractivity contribution in [1.82, 2.24) is 4.90 Å². The number of hydrogen-bond acceptors (Lipinski definition) is 5. The molecule has 1 amide bonds. The van der Waals surface area contributed by atoms with Gasteiger partial charge >= 0.3 is 0 Å². The molecule has 0 spiro atoms. The predicted molar refractivity (Wildman–Crippen MR) is 120 cm³/mol. The van der Waals surface area contributed by atoms with Crippen molar-refractivity contribution in [3.63, 3.8) is 0 Å². The summed E-state index contributed by atoms with van der Waals surface area (Å²) in [4.78, 5) is 18.5. The summed E-state index contributed by atoms with van der Waals surface area (Å²) in [6.07, 6.45) is 1.96. The van der Waals surface area contributed by atoms with Gasteiger partial charge < -0.3 is 15.0 Å². The van der Waals surface area contributed by atoms with Crippen LogP contribution in [0.3, 0.4) is 0 Å². The number of amides is 1. The Kier molecular flexibility index (Phi) is 6.31. The molecule has 2 aromatic carbocycles. The molecular weight excluding hydrogens is 382 g/mol. The van der Waals surface area contributed by atoms with Gasteiger partial charge in [-0.3, -0.25) is 9.69 Å². The Balaban J connectivity index is 1.24. The van der Waals surface area contributed by atoms with Crippen LogP contribution in [0.2, 0.25) is 0 Å². The second-order valence-corrected chi connectivity index (χ2v) is 8.98. The quantitative estimate of drug-likeness (QED) is 0.778. The van der Waals surface area contributed by atoms with Gasteiger partial charge in [0.25, 0.3) is 0 Å². The number of rotatable bonds is 6. The van der Waals surface area contributed by atoms with Crippen molar-refractivity contribution < 1.29 is 9.53 Å². The number of fused-ring (bicyclic) bond motifs is 1. The van der Waals surface area contributed by atoms with Crippen molar-refractivity contribution in [3.8, 4) is 5.75 Å². The molecule has 0 bridgehead atoms. The Bertz CT molecular complexity index is 865. The van der Waals surface area contributed by atoms with E-state index in [-0.39, 0.29) is 11.2 Å². The highest BCUT2D eigenvalue weighted by Crippen LogP contribution is 2.38. The van der Waals surface area contributed by atoms with Gasteiger partial charge in [0.05, 0.1) is 23.7 Å². The van der Waals surface area contributed by atoms with Crippen LogP contribution in [0.4, 0.5) is 11.4 Å². The fraction of sp³-hybridized carbons (Fsp3) is 0.435. The first-order valence-corrected chi connectivity index (χ1v) is 11.2. The minimum atomic E-state index is 0.0131. The number of nitrogens with one attached hydrogen (secondary N) is 1. The van der Waals surface area contributed by atoms with Crippen LogP contribution in [0.5, 0.6) is 5.75 Å². The maximum atomic E-state index is 12.4. The number of carbonyl (C=O) groups excluding carboxylic acids is 1. The second kappa shape index (κ2) is 9.09. The number of nitrogens with zero attached hydrogens (tertiary/aromatic N) is 2. The van der Waals surface area contributed by atoms with E-state index in [1.54, 1.807) is 18.9 Å². The first-order chi connectivity index (χ1) is 14.1. The third-order valence-electron chi connectivity index (χ3n) is 5.70. The highest BCUT2D eigenvalue weighted by Gasteiger charge is 2.27. The van der Waals surface area contributed by atoms with Crippen LogP contribution in [0.1, 0.15) is 18.4 Å². The summed E-state index contributed by atoms with van der Waals surface area (Å²) in [6.45, 7) is 7.24. The van der Waals surface area contributed by atoms with Crippen LogP contribution >= 0.6 is 11.8 Å². The van der Waals surface area contributed by atoms with Gasteiger partial charge in [-0.05, 0) is 56.1 Å². The van der Waals surface area contributed by atoms with Crippen LogP contribution in [-0.2, 0) is 4.79 Å². The molecule has 1 fully saturated rings. The van der Waals surface area contributed by atoms with Crippen LogP contribution in [0, 0.1) is 6.92 Å². The average Bonchev–Trinajstić information content (AvgIpc) is 2.75. The van der Waals surface area contributed by atoms with Crippen molar-refractivity contribution in [2.75, 3.05) is 50.1 Å². The van der Waals surface area contributed by atoms with Crippen molar-refractivity contribution in [2.45, 2.75) is 29.9 Å². The molecule has 2 aromatic rings. The van der Waals surface area contributed by atoms with E-state index in [4.69, 9.17) is 4.74 Å². The molecule has 1 unspecified atom stereocenters. The maximum absolute atomic E-state index is 12.4. The lowest BCUT2D eigenvalue weighted by molar-refractivity contribution is -0.115. The topological polar surface area (TPSA) is 44.8 Å². The number of para-hydroxylation sites is 2. The van der Waals surface area contributed by atoms with Crippen molar-refractivity contribution in [2.24, 2.45) is 0 Å². The van der Waals surface area contributed by atoms with Gasteiger partial charge in [-0.25, -0.2) is 0 Å². The standard InChI is InChI=1S/C23H29N3O2S/c1-17-9-10-18-22(16-17)29-21(23(27)24-18)8-5-11-25-12-14-26(15-13-25)19-6-3-4-7-20(19)28-2/h3-4,6-7,9-10,16,21H,5,8,11-15H2,1-2H3,(H,24,27). The first-order valence-electron chi connectivity index (χ1n) is 10.3. The van der Waals surface area contributed by atoms with Gasteiger partial charge in [0.1, 0.15) is 5.75 Å². The summed E-state index contributed by atoms with van der Waals surface area (Å²) < 4.78 is 5.50. The van der Waals surface area contributed by atoms with E-state index in [2.05, 4.69) is 40.2 Å². The zero-order valence-electron chi connectivity index (χ0n) is 17.2. The van der Waals surface area contributed by atoms with Crippen LogP contribution in [0.25, 0.3) is 0 Å².